The van der Waals surface area contributed by atoms with Gasteiger partial charge in [0.05, 0.1) is 0 Å². The average molecular weight is 293 g/mol. The van der Waals surface area contributed by atoms with E-state index < -0.39 is 0 Å². The molecule has 0 radical (unpaired) electrons. The van der Waals surface area contributed by atoms with Crippen LogP contribution in [0.15, 0.2) is 12.1 Å². The van der Waals surface area contributed by atoms with Crippen molar-refractivity contribution in [2.75, 3.05) is 26.7 Å². The summed E-state index contributed by atoms with van der Waals surface area (Å²) in [4.78, 5) is 13.4. The van der Waals surface area contributed by atoms with Gasteiger partial charge in [0.15, 0.2) is 0 Å². The second kappa shape index (κ2) is 8.03. The van der Waals surface area contributed by atoms with E-state index in [1.165, 1.54) is 6.92 Å². The van der Waals surface area contributed by atoms with Crippen LogP contribution in [0.5, 0.6) is 11.5 Å². The Labute approximate surface area is 128 Å². The molecule has 0 bridgehead atoms. The number of hydrogen-bond donors (Lipinski definition) is 0. The Morgan fingerprint density at radius 2 is 1.95 bits per heavy atom. The molecule has 1 aromatic rings. The number of nitrogens with zero attached hydrogens (tertiary/aromatic N) is 1. The first kappa shape index (κ1) is 17.5. The van der Waals surface area contributed by atoms with Crippen LogP contribution in [0.4, 0.5) is 0 Å². The Hall–Kier alpha value is -1.55. The number of rotatable bonds is 7. The van der Waals surface area contributed by atoms with Crippen molar-refractivity contribution < 1.29 is 14.3 Å². The number of carbonyl (C=O) groups excluding carboxylic acids is 1. The Kier molecular flexibility index (Phi) is 6.69. The predicted molar refractivity (Wildman–Crippen MR) is 85.2 cm³/mol. The summed E-state index contributed by atoms with van der Waals surface area (Å²) in [7, 11) is 2.07. The topological polar surface area (TPSA) is 38.8 Å². The minimum absolute atomic E-state index is 0.300. The van der Waals surface area contributed by atoms with E-state index in [1.54, 1.807) is 0 Å². The third-order valence-electron chi connectivity index (χ3n) is 3.45. The fourth-order valence-electron chi connectivity index (χ4n) is 1.99. The molecule has 0 saturated carbocycles. The lowest BCUT2D eigenvalue weighted by Gasteiger charge is -2.19. The van der Waals surface area contributed by atoms with E-state index in [-0.39, 0.29) is 5.97 Å². The summed E-state index contributed by atoms with van der Waals surface area (Å²) in [6, 6.07) is 3.87. The first-order chi connectivity index (χ1) is 9.85. The van der Waals surface area contributed by atoms with Crippen LogP contribution in [0.3, 0.4) is 0 Å². The Morgan fingerprint density at radius 3 is 2.48 bits per heavy atom. The van der Waals surface area contributed by atoms with E-state index in [9.17, 15) is 4.79 Å². The first-order valence-electron chi connectivity index (χ1n) is 7.49. The van der Waals surface area contributed by atoms with Crippen LogP contribution in [0.2, 0.25) is 0 Å². The van der Waals surface area contributed by atoms with Crippen LogP contribution in [0.1, 0.15) is 44.7 Å². The first-order valence-corrected chi connectivity index (χ1v) is 7.49. The van der Waals surface area contributed by atoms with Crippen LogP contribution in [0, 0.1) is 6.92 Å². The average Bonchev–Trinajstić information content (AvgIpc) is 2.40. The number of hydrogen-bond acceptors (Lipinski definition) is 4. The fraction of sp³-hybridized carbons (Fsp3) is 0.588. The molecular weight excluding hydrogens is 266 g/mol. The SMILES string of the molecule is CCN(C)CCOc1cc(C)c(OC(C)=O)cc1C(C)C. The molecule has 0 aliphatic heterocycles. The van der Waals surface area contributed by atoms with Crippen molar-refractivity contribution in [3.63, 3.8) is 0 Å². The van der Waals surface area contributed by atoms with Gasteiger partial charge in [0.2, 0.25) is 0 Å². The smallest absolute Gasteiger partial charge is 0.308 e. The maximum Gasteiger partial charge on any atom is 0.308 e. The summed E-state index contributed by atoms with van der Waals surface area (Å²) in [5, 5.41) is 0. The molecule has 0 atom stereocenters. The lowest BCUT2D eigenvalue weighted by Crippen LogP contribution is -2.24. The Morgan fingerprint density at radius 1 is 1.29 bits per heavy atom. The fourth-order valence-corrected chi connectivity index (χ4v) is 1.99. The van der Waals surface area contributed by atoms with Gasteiger partial charge in [-0.25, -0.2) is 0 Å². The van der Waals surface area contributed by atoms with Gasteiger partial charge in [-0.15, -0.1) is 0 Å². The zero-order chi connectivity index (χ0) is 16.0. The summed E-state index contributed by atoms with van der Waals surface area (Å²) >= 11 is 0. The number of likely N-dealkylation sites (N-methyl/N-ethyl adjacent to an activating group) is 1. The number of benzene rings is 1. The molecule has 0 saturated heterocycles. The van der Waals surface area contributed by atoms with Crippen LogP contribution >= 0.6 is 0 Å². The molecule has 0 N–H and O–H groups in total. The van der Waals surface area contributed by atoms with Gasteiger partial charge in [-0.2, -0.15) is 0 Å². The minimum atomic E-state index is -0.300. The van der Waals surface area contributed by atoms with Gasteiger partial charge in [-0.05, 0) is 44.1 Å². The summed E-state index contributed by atoms with van der Waals surface area (Å²) in [5.41, 5.74) is 1.98. The number of ether oxygens (including phenoxy) is 2. The lowest BCUT2D eigenvalue weighted by molar-refractivity contribution is -0.131. The minimum Gasteiger partial charge on any atom is -0.492 e. The highest BCUT2D eigenvalue weighted by Crippen LogP contribution is 2.33. The maximum atomic E-state index is 11.2. The molecule has 0 aliphatic rings. The van der Waals surface area contributed by atoms with Crippen LogP contribution in [-0.4, -0.2) is 37.6 Å². The van der Waals surface area contributed by atoms with Gasteiger partial charge >= 0.3 is 5.97 Å². The molecule has 0 fully saturated rings. The molecule has 1 rings (SSSR count). The maximum absolute atomic E-state index is 11.2. The highest BCUT2D eigenvalue weighted by molar-refractivity contribution is 5.70. The summed E-state index contributed by atoms with van der Waals surface area (Å²) in [6.07, 6.45) is 0. The van der Waals surface area contributed by atoms with Crippen molar-refractivity contribution in [3.05, 3.63) is 23.3 Å². The third-order valence-corrected chi connectivity index (χ3v) is 3.45. The van der Waals surface area contributed by atoms with E-state index >= 15 is 0 Å². The molecule has 0 unspecified atom stereocenters. The third kappa shape index (κ3) is 5.38. The standard InChI is InChI=1S/C17H27NO3/c1-7-18(6)8-9-20-17-10-13(4)16(21-14(5)19)11-15(17)12(2)3/h10-12H,7-9H2,1-6H3. The molecular formula is C17H27NO3. The Bertz CT molecular complexity index is 483. The van der Waals surface area contributed by atoms with Gasteiger partial charge < -0.3 is 14.4 Å². The van der Waals surface area contributed by atoms with Crippen molar-refractivity contribution in [2.24, 2.45) is 0 Å². The van der Waals surface area contributed by atoms with Crippen molar-refractivity contribution in [1.29, 1.82) is 0 Å². The van der Waals surface area contributed by atoms with E-state index in [4.69, 9.17) is 9.47 Å². The van der Waals surface area contributed by atoms with E-state index in [1.807, 2.05) is 19.1 Å². The van der Waals surface area contributed by atoms with Crippen LogP contribution in [-0.2, 0) is 4.79 Å². The molecule has 118 valence electrons. The zero-order valence-corrected chi connectivity index (χ0v) is 14.0. The number of carbonyl (C=O) groups is 1. The van der Waals surface area contributed by atoms with E-state index in [2.05, 4.69) is 32.7 Å². The van der Waals surface area contributed by atoms with Crippen molar-refractivity contribution in [1.82, 2.24) is 4.90 Å². The van der Waals surface area contributed by atoms with Gasteiger partial charge in [0.25, 0.3) is 0 Å². The highest BCUT2D eigenvalue weighted by atomic mass is 16.5. The molecule has 0 heterocycles. The highest BCUT2D eigenvalue weighted by Gasteiger charge is 2.14. The second-order valence-electron chi connectivity index (χ2n) is 5.65. The van der Waals surface area contributed by atoms with Crippen LogP contribution < -0.4 is 9.47 Å². The summed E-state index contributed by atoms with van der Waals surface area (Å²) in [5.74, 6) is 1.50. The van der Waals surface area contributed by atoms with Gasteiger partial charge in [0, 0.05) is 19.0 Å². The number of esters is 1. The molecule has 21 heavy (non-hydrogen) atoms. The quantitative estimate of drug-likeness (QED) is 0.571. The zero-order valence-electron chi connectivity index (χ0n) is 14.0. The molecule has 4 heteroatoms. The van der Waals surface area contributed by atoms with Crippen molar-refractivity contribution in [3.8, 4) is 11.5 Å². The predicted octanol–water partition coefficient (Wildman–Crippen LogP) is 3.37. The molecule has 0 aromatic heterocycles. The normalized spacial score (nSPS) is 11.0. The van der Waals surface area contributed by atoms with E-state index in [0.717, 1.165) is 30.0 Å². The second-order valence-corrected chi connectivity index (χ2v) is 5.65. The Balaban J connectivity index is 2.92. The van der Waals surface area contributed by atoms with E-state index in [0.29, 0.717) is 18.3 Å². The molecule has 0 spiro atoms. The van der Waals surface area contributed by atoms with Crippen LogP contribution in [0.25, 0.3) is 0 Å². The summed E-state index contributed by atoms with van der Waals surface area (Å²) in [6.45, 7) is 12.2. The van der Waals surface area contributed by atoms with Crippen molar-refractivity contribution >= 4 is 5.97 Å². The molecule has 4 nitrogen and oxygen atoms in total. The largest absolute Gasteiger partial charge is 0.492 e. The van der Waals surface area contributed by atoms with Gasteiger partial charge in [0.1, 0.15) is 18.1 Å². The molecule has 0 aliphatic carbocycles. The molecule has 0 amide bonds. The number of aryl methyl sites for hydroxylation is 1. The lowest BCUT2D eigenvalue weighted by atomic mass is 10.00. The summed E-state index contributed by atoms with van der Waals surface area (Å²) < 4.78 is 11.2. The van der Waals surface area contributed by atoms with Crippen molar-refractivity contribution in [2.45, 2.75) is 40.5 Å². The van der Waals surface area contributed by atoms with Gasteiger partial charge in [-0.1, -0.05) is 20.8 Å². The molecule has 1 aromatic carbocycles. The van der Waals surface area contributed by atoms with Gasteiger partial charge in [-0.3, -0.25) is 4.79 Å². The monoisotopic (exact) mass is 293 g/mol.